The highest BCUT2D eigenvalue weighted by atomic mass is 16.3. The second kappa shape index (κ2) is 9.28. The molecule has 0 aliphatic rings. The lowest BCUT2D eigenvalue weighted by Crippen LogP contribution is -1.98. The molecule has 26 heavy (non-hydrogen) atoms. The second-order valence-electron chi connectivity index (χ2n) is 6.94. The maximum atomic E-state index is 11.3. The zero-order valence-corrected chi connectivity index (χ0v) is 16.6. The molecule has 0 bridgehead atoms. The Morgan fingerprint density at radius 2 is 1.73 bits per heavy atom. The van der Waals surface area contributed by atoms with Gasteiger partial charge >= 0.3 is 0 Å². The molecule has 0 saturated heterocycles. The lowest BCUT2D eigenvalue weighted by Gasteiger charge is -2.16. The fraction of sp³-hybridized carbons (Fsp3) is 0.333. The first kappa shape index (κ1) is 19.8. The molecule has 2 aromatic carbocycles. The van der Waals surface area contributed by atoms with Crippen molar-refractivity contribution in [1.82, 2.24) is 0 Å². The third-order valence-electron chi connectivity index (χ3n) is 4.99. The van der Waals surface area contributed by atoms with Crippen LogP contribution in [-0.2, 0) is 6.42 Å². The molecule has 0 aliphatic heterocycles. The van der Waals surface area contributed by atoms with Crippen LogP contribution >= 0.6 is 0 Å². The highest BCUT2D eigenvalue weighted by Crippen LogP contribution is 2.33. The molecule has 0 aliphatic carbocycles. The summed E-state index contributed by atoms with van der Waals surface area (Å²) in [5.74, 6) is 0. The molecule has 2 aromatic rings. The molecule has 2 heteroatoms. The lowest BCUT2D eigenvalue weighted by molar-refractivity contribution is 1.08. The highest BCUT2D eigenvalue weighted by molar-refractivity contribution is 5.81. The molecule has 0 radical (unpaired) electrons. The van der Waals surface area contributed by atoms with Crippen molar-refractivity contribution in [2.24, 2.45) is 5.18 Å². The zero-order valence-electron chi connectivity index (χ0n) is 16.6. The van der Waals surface area contributed by atoms with Crippen molar-refractivity contribution in [2.45, 2.75) is 53.9 Å². The van der Waals surface area contributed by atoms with Crippen molar-refractivity contribution in [3.63, 3.8) is 0 Å². The van der Waals surface area contributed by atoms with Gasteiger partial charge in [0.2, 0.25) is 0 Å². The predicted octanol–water partition coefficient (Wildman–Crippen LogP) is 7.52. The van der Waals surface area contributed by atoms with E-state index in [2.05, 4.69) is 69.3 Å². The molecule has 0 unspecified atom stereocenters. The van der Waals surface area contributed by atoms with Gasteiger partial charge in [-0.15, -0.1) is 4.91 Å². The average Bonchev–Trinajstić information content (AvgIpc) is 2.66. The summed E-state index contributed by atoms with van der Waals surface area (Å²) in [6.45, 7) is 10.6. The normalized spacial score (nSPS) is 12.7. The van der Waals surface area contributed by atoms with Crippen LogP contribution in [-0.4, -0.2) is 0 Å². The topological polar surface area (TPSA) is 29.4 Å². The van der Waals surface area contributed by atoms with E-state index in [0.29, 0.717) is 5.69 Å². The van der Waals surface area contributed by atoms with Crippen LogP contribution in [0.25, 0.3) is 5.57 Å². The van der Waals surface area contributed by atoms with Crippen LogP contribution in [0.4, 0.5) is 5.69 Å². The molecule has 0 aromatic heterocycles. The van der Waals surface area contributed by atoms with Crippen molar-refractivity contribution in [3.05, 3.63) is 86.8 Å². The smallest absolute Gasteiger partial charge is 0.111 e. The number of benzene rings is 2. The van der Waals surface area contributed by atoms with Crippen LogP contribution in [0.2, 0.25) is 0 Å². The van der Waals surface area contributed by atoms with Crippen molar-refractivity contribution < 1.29 is 0 Å². The van der Waals surface area contributed by atoms with Gasteiger partial charge in [0.05, 0.1) is 0 Å². The van der Waals surface area contributed by atoms with Crippen molar-refractivity contribution >= 4 is 11.3 Å². The minimum Gasteiger partial charge on any atom is -0.145 e. The van der Waals surface area contributed by atoms with E-state index in [0.717, 1.165) is 30.4 Å². The Kier molecular flexibility index (Phi) is 7.08. The number of nitrogens with zero attached hydrogens (tertiary/aromatic N) is 1. The van der Waals surface area contributed by atoms with E-state index in [9.17, 15) is 4.91 Å². The van der Waals surface area contributed by atoms with Crippen LogP contribution in [0.3, 0.4) is 0 Å². The standard InChI is InChI=1S/C24H29NO/c1-6-17(3)13-22(18(4)7-2)23-16-24(25-26)19(5)14-21(23)15-20-11-9-8-10-12-20/h8-14,16H,6-7,15H2,1-5H3/b17-13-,22-18+. The molecule has 0 N–H and O–H groups in total. The van der Waals surface area contributed by atoms with Gasteiger partial charge in [0.1, 0.15) is 5.69 Å². The Labute approximate surface area is 157 Å². The molecule has 2 rings (SSSR count). The summed E-state index contributed by atoms with van der Waals surface area (Å²) in [7, 11) is 0. The first-order chi connectivity index (χ1) is 12.5. The molecule has 0 saturated carbocycles. The monoisotopic (exact) mass is 347 g/mol. The van der Waals surface area contributed by atoms with Gasteiger partial charge in [0.25, 0.3) is 0 Å². The maximum absolute atomic E-state index is 11.3. The van der Waals surface area contributed by atoms with Crippen LogP contribution in [0.1, 0.15) is 62.8 Å². The van der Waals surface area contributed by atoms with E-state index >= 15 is 0 Å². The van der Waals surface area contributed by atoms with Gasteiger partial charge in [-0.3, -0.25) is 0 Å². The Balaban J connectivity index is 2.68. The molecular weight excluding hydrogens is 318 g/mol. The summed E-state index contributed by atoms with van der Waals surface area (Å²) in [5, 5.41) is 3.25. The molecular formula is C24H29NO. The van der Waals surface area contributed by atoms with Gasteiger partial charge in [-0.2, -0.15) is 0 Å². The van der Waals surface area contributed by atoms with Gasteiger partial charge in [0.15, 0.2) is 0 Å². The molecule has 0 amide bonds. The number of rotatable bonds is 7. The fourth-order valence-corrected chi connectivity index (χ4v) is 3.04. The Morgan fingerprint density at radius 3 is 2.31 bits per heavy atom. The summed E-state index contributed by atoms with van der Waals surface area (Å²) in [5.41, 5.74) is 8.98. The number of aryl methyl sites for hydroxylation is 1. The van der Waals surface area contributed by atoms with E-state index in [1.165, 1.54) is 27.8 Å². The van der Waals surface area contributed by atoms with E-state index in [1.807, 2.05) is 19.1 Å². The van der Waals surface area contributed by atoms with Crippen molar-refractivity contribution in [3.8, 4) is 0 Å². The molecule has 0 heterocycles. The summed E-state index contributed by atoms with van der Waals surface area (Å²) in [6, 6.07) is 14.6. The third-order valence-corrected chi connectivity index (χ3v) is 4.99. The fourth-order valence-electron chi connectivity index (χ4n) is 3.04. The Bertz CT molecular complexity index is 829. The van der Waals surface area contributed by atoms with E-state index in [4.69, 9.17) is 0 Å². The van der Waals surface area contributed by atoms with E-state index < -0.39 is 0 Å². The van der Waals surface area contributed by atoms with Crippen LogP contribution in [0.5, 0.6) is 0 Å². The molecule has 2 nitrogen and oxygen atoms in total. The average molecular weight is 348 g/mol. The van der Waals surface area contributed by atoms with Gasteiger partial charge in [-0.05, 0) is 79.1 Å². The first-order valence-electron chi connectivity index (χ1n) is 9.38. The Morgan fingerprint density at radius 1 is 1.04 bits per heavy atom. The van der Waals surface area contributed by atoms with E-state index in [-0.39, 0.29) is 0 Å². The summed E-state index contributed by atoms with van der Waals surface area (Å²) < 4.78 is 0. The van der Waals surface area contributed by atoms with Crippen LogP contribution in [0.15, 0.2) is 64.9 Å². The number of hydrogen-bond donors (Lipinski definition) is 0. The lowest BCUT2D eigenvalue weighted by atomic mass is 9.88. The molecule has 0 fully saturated rings. The van der Waals surface area contributed by atoms with Crippen molar-refractivity contribution in [2.75, 3.05) is 0 Å². The minimum atomic E-state index is 0.528. The molecule has 0 spiro atoms. The zero-order chi connectivity index (χ0) is 19.1. The van der Waals surface area contributed by atoms with E-state index in [1.54, 1.807) is 0 Å². The van der Waals surface area contributed by atoms with Gasteiger partial charge in [0, 0.05) is 0 Å². The van der Waals surface area contributed by atoms with Crippen LogP contribution in [0, 0.1) is 11.8 Å². The summed E-state index contributed by atoms with van der Waals surface area (Å²) >= 11 is 0. The van der Waals surface area contributed by atoms with Crippen molar-refractivity contribution in [1.29, 1.82) is 0 Å². The third kappa shape index (κ3) is 4.78. The SMILES string of the molecule is CC/C(C)=C\C(=C(\C)CC)c1cc(N=O)c(C)cc1Cc1ccccc1. The molecule has 0 atom stereocenters. The maximum Gasteiger partial charge on any atom is 0.111 e. The van der Waals surface area contributed by atoms with Crippen LogP contribution < -0.4 is 0 Å². The van der Waals surface area contributed by atoms with Gasteiger partial charge in [-0.25, -0.2) is 0 Å². The van der Waals surface area contributed by atoms with Gasteiger partial charge < -0.3 is 0 Å². The van der Waals surface area contributed by atoms with Gasteiger partial charge in [-0.1, -0.05) is 67.5 Å². The summed E-state index contributed by atoms with van der Waals surface area (Å²) in [6.07, 6.45) is 5.10. The quantitative estimate of drug-likeness (QED) is 0.376. The Hall–Kier alpha value is -2.48. The number of allylic oxidation sites excluding steroid dienone is 4. The molecule has 136 valence electrons. The highest BCUT2D eigenvalue weighted by Gasteiger charge is 2.13. The predicted molar refractivity (Wildman–Crippen MR) is 113 cm³/mol. The number of nitroso groups, excluding NO2 is 1. The first-order valence-corrected chi connectivity index (χ1v) is 9.38. The number of hydrogen-bond acceptors (Lipinski definition) is 2. The second-order valence-corrected chi connectivity index (χ2v) is 6.94. The minimum absolute atomic E-state index is 0.528. The summed E-state index contributed by atoms with van der Waals surface area (Å²) in [4.78, 5) is 11.3. The largest absolute Gasteiger partial charge is 0.145 e.